The Morgan fingerprint density at radius 1 is 1.06 bits per heavy atom. The van der Waals surface area contributed by atoms with E-state index in [9.17, 15) is 0 Å². The Kier molecular flexibility index (Phi) is 3.28. The minimum atomic E-state index is 0.988. The molecule has 1 N–H and O–H groups in total. The number of hydrogen-bond acceptors (Lipinski definition) is 3. The first-order valence-electron chi connectivity index (χ1n) is 5.62. The topological polar surface area (TPSA) is 28.2 Å². The first-order valence-corrected chi connectivity index (χ1v) is 5.62. The van der Waals surface area contributed by atoms with Crippen LogP contribution in [0.4, 0.5) is 11.4 Å². The van der Waals surface area contributed by atoms with Crippen LogP contribution in [0, 0.1) is 0 Å². The lowest BCUT2D eigenvalue weighted by Crippen LogP contribution is -2.07. The fraction of sp³-hybridized carbons (Fsp3) is 0.214. The molecule has 0 radical (unpaired) electrons. The maximum absolute atomic E-state index is 4.38. The van der Waals surface area contributed by atoms with Crippen molar-refractivity contribution in [3.05, 3.63) is 42.6 Å². The number of benzene rings is 1. The molecule has 0 bridgehead atoms. The Hall–Kier alpha value is -2.03. The minimum absolute atomic E-state index is 0.988. The van der Waals surface area contributed by atoms with Gasteiger partial charge in [0.25, 0.3) is 0 Å². The van der Waals surface area contributed by atoms with Crippen LogP contribution in [0.15, 0.2) is 42.6 Å². The van der Waals surface area contributed by atoms with E-state index < -0.39 is 0 Å². The van der Waals surface area contributed by atoms with E-state index in [4.69, 9.17) is 0 Å². The molecule has 1 aromatic carbocycles. The summed E-state index contributed by atoms with van der Waals surface area (Å²) in [5.74, 6) is 0. The molecule has 1 heterocycles. The summed E-state index contributed by atoms with van der Waals surface area (Å²) in [6.45, 7) is 0. The van der Waals surface area contributed by atoms with E-state index in [2.05, 4.69) is 39.5 Å². The standard InChI is InChI=1S/C14H17N3/c1-15-12-8-9-16-14(10-12)11-4-6-13(7-5-11)17(2)3/h4-10H,1-3H3,(H,15,16). The fourth-order valence-corrected chi connectivity index (χ4v) is 1.67. The summed E-state index contributed by atoms with van der Waals surface area (Å²) in [4.78, 5) is 6.46. The number of aromatic nitrogens is 1. The lowest BCUT2D eigenvalue weighted by molar-refractivity contribution is 1.13. The summed E-state index contributed by atoms with van der Waals surface area (Å²) in [5, 5.41) is 3.12. The second-order valence-corrected chi connectivity index (χ2v) is 4.12. The Bertz CT molecular complexity index is 489. The molecule has 0 amide bonds. The average molecular weight is 227 g/mol. The van der Waals surface area contributed by atoms with Gasteiger partial charge in [-0.2, -0.15) is 0 Å². The molecule has 0 saturated carbocycles. The predicted octanol–water partition coefficient (Wildman–Crippen LogP) is 2.86. The average Bonchev–Trinajstić information content (AvgIpc) is 2.39. The van der Waals surface area contributed by atoms with Gasteiger partial charge in [0.05, 0.1) is 5.69 Å². The largest absolute Gasteiger partial charge is 0.388 e. The Morgan fingerprint density at radius 3 is 2.35 bits per heavy atom. The molecule has 0 aliphatic rings. The van der Waals surface area contributed by atoms with Crippen LogP contribution in [-0.4, -0.2) is 26.1 Å². The molecule has 2 aromatic rings. The van der Waals surface area contributed by atoms with E-state index >= 15 is 0 Å². The van der Waals surface area contributed by atoms with Gasteiger partial charge in [-0.25, -0.2) is 0 Å². The van der Waals surface area contributed by atoms with Gasteiger partial charge in [0.15, 0.2) is 0 Å². The van der Waals surface area contributed by atoms with Gasteiger partial charge in [-0.1, -0.05) is 12.1 Å². The zero-order valence-corrected chi connectivity index (χ0v) is 10.4. The van der Waals surface area contributed by atoms with Gasteiger partial charge in [-0.3, -0.25) is 4.98 Å². The normalized spacial score (nSPS) is 10.1. The highest BCUT2D eigenvalue weighted by Gasteiger charge is 2.01. The second-order valence-electron chi connectivity index (χ2n) is 4.12. The summed E-state index contributed by atoms with van der Waals surface area (Å²) in [5.41, 5.74) is 4.39. The Morgan fingerprint density at radius 2 is 1.76 bits per heavy atom. The van der Waals surface area contributed by atoms with Crippen LogP contribution in [0.3, 0.4) is 0 Å². The molecule has 0 aliphatic heterocycles. The van der Waals surface area contributed by atoms with Crippen molar-refractivity contribution in [1.82, 2.24) is 4.98 Å². The van der Waals surface area contributed by atoms with Crippen LogP contribution in [-0.2, 0) is 0 Å². The minimum Gasteiger partial charge on any atom is -0.388 e. The molecule has 0 unspecified atom stereocenters. The Balaban J connectivity index is 2.32. The van der Waals surface area contributed by atoms with Gasteiger partial charge in [0.1, 0.15) is 0 Å². The van der Waals surface area contributed by atoms with Crippen molar-refractivity contribution in [2.45, 2.75) is 0 Å². The van der Waals surface area contributed by atoms with Gasteiger partial charge < -0.3 is 10.2 Å². The molecule has 0 aliphatic carbocycles. The molecule has 0 saturated heterocycles. The molecule has 17 heavy (non-hydrogen) atoms. The van der Waals surface area contributed by atoms with Crippen molar-refractivity contribution in [3.8, 4) is 11.3 Å². The van der Waals surface area contributed by atoms with Gasteiger partial charge in [-0.05, 0) is 24.3 Å². The highest BCUT2D eigenvalue weighted by molar-refractivity contribution is 5.66. The van der Waals surface area contributed by atoms with Crippen LogP contribution in [0.2, 0.25) is 0 Å². The smallest absolute Gasteiger partial charge is 0.0722 e. The third-order valence-electron chi connectivity index (χ3n) is 2.73. The third kappa shape index (κ3) is 2.56. The summed E-state index contributed by atoms with van der Waals surface area (Å²) >= 11 is 0. The van der Waals surface area contributed by atoms with E-state index in [1.165, 1.54) is 5.69 Å². The SMILES string of the molecule is CNc1ccnc(-c2ccc(N(C)C)cc2)c1. The van der Waals surface area contributed by atoms with Gasteiger partial charge in [-0.15, -0.1) is 0 Å². The van der Waals surface area contributed by atoms with Gasteiger partial charge >= 0.3 is 0 Å². The van der Waals surface area contributed by atoms with Crippen molar-refractivity contribution in [3.63, 3.8) is 0 Å². The maximum atomic E-state index is 4.38. The number of nitrogens with one attached hydrogen (secondary N) is 1. The number of rotatable bonds is 3. The van der Waals surface area contributed by atoms with Crippen LogP contribution in [0.5, 0.6) is 0 Å². The molecular formula is C14H17N3. The summed E-state index contributed by atoms with van der Waals surface area (Å²) in [6.07, 6.45) is 1.82. The summed E-state index contributed by atoms with van der Waals surface area (Å²) in [6, 6.07) is 12.4. The molecule has 0 atom stereocenters. The Labute approximate surface area is 102 Å². The fourth-order valence-electron chi connectivity index (χ4n) is 1.67. The van der Waals surface area contributed by atoms with Crippen LogP contribution in [0.25, 0.3) is 11.3 Å². The maximum Gasteiger partial charge on any atom is 0.0722 e. The van der Waals surface area contributed by atoms with Crippen molar-refractivity contribution < 1.29 is 0 Å². The molecule has 0 spiro atoms. The molecule has 0 fully saturated rings. The quantitative estimate of drug-likeness (QED) is 0.874. The number of hydrogen-bond donors (Lipinski definition) is 1. The number of nitrogens with zero attached hydrogens (tertiary/aromatic N) is 2. The molecule has 3 nitrogen and oxygen atoms in total. The monoisotopic (exact) mass is 227 g/mol. The summed E-state index contributed by atoms with van der Waals surface area (Å²) < 4.78 is 0. The van der Waals surface area contributed by atoms with Crippen molar-refractivity contribution in [1.29, 1.82) is 0 Å². The van der Waals surface area contributed by atoms with Crippen LogP contribution >= 0.6 is 0 Å². The van der Waals surface area contributed by atoms with Gasteiger partial charge in [0.2, 0.25) is 0 Å². The lowest BCUT2D eigenvalue weighted by atomic mass is 10.1. The van der Waals surface area contributed by atoms with E-state index in [0.717, 1.165) is 16.9 Å². The van der Waals surface area contributed by atoms with Crippen molar-refractivity contribution in [2.24, 2.45) is 0 Å². The van der Waals surface area contributed by atoms with E-state index in [-0.39, 0.29) is 0 Å². The predicted molar refractivity (Wildman–Crippen MR) is 73.5 cm³/mol. The second kappa shape index (κ2) is 4.87. The van der Waals surface area contributed by atoms with E-state index in [1.54, 1.807) is 0 Å². The highest BCUT2D eigenvalue weighted by atomic mass is 15.1. The third-order valence-corrected chi connectivity index (χ3v) is 2.73. The first kappa shape index (κ1) is 11.5. The molecular weight excluding hydrogens is 210 g/mol. The van der Waals surface area contributed by atoms with E-state index in [1.807, 2.05) is 39.5 Å². The molecule has 2 rings (SSSR count). The lowest BCUT2D eigenvalue weighted by Gasteiger charge is -2.12. The van der Waals surface area contributed by atoms with Crippen molar-refractivity contribution in [2.75, 3.05) is 31.4 Å². The molecule has 88 valence electrons. The van der Waals surface area contributed by atoms with E-state index in [0.29, 0.717) is 0 Å². The number of pyridine rings is 1. The van der Waals surface area contributed by atoms with Crippen LogP contribution < -0.4 is 10.2 Å². The number of anilines is 2. The van der Waals surface area contributed by atoms with Crippen LogP contribution in [0.1, 0.15) is 0 Å². The highest BCUT2D eigenvalue weighted by Crippen LogP contribution is 2.22. The summed E-state index contributed by atoms with van der Waals surface area (Å²) in [7, 11) is 5.98. The zero-order chi connectivity index (χ0) is 12.3. The molecule has 1 aromatic heterocycles. The molecule has 3 heteroatoms. The zero-order valence-electron chi connectivity index (χ0n) is 10.4. The first-order chi connectivity index (χ1) is 8.20. The van der Waals surface area contributed by atoms with Gasteiger partial charge in [0, 0.05) is 44.3 Å². The van der Waals surface area contributed by atoms with Crippen molar-refractivity contribution >= 4 is 11.4 Å².